The Morgan fingerprint density at radius 1 is 1.19 bits per heavy atom. The molecule has 3 atom stereocenters. The number of aliphatic hydroxyl groups is 2. The Hall–Kier alpha value is -0.120. The second kappa shape index (κ2) is 5.03. The average molecular weight is 227 g/mol. The van der Waals surface area contributed by atoms with Gasteiger partial charge in [-0.25, -0.2) is 0 Å². The second-order valence-corrected chi connectivity index (χ2v) is 5.77. The highest BCUT2D eigenvalue weighted by Gasteiger charge is 2.40. The van der Waals surface area contributed by atoms with Crippen LogP contribution in [0.2, 0.25) is 0 Å². The SMILES string of the molecule is CCC(CO)(CO)NCC1CC2CCC1C2. The summed E-state index contributed by atoms with van der Waals surface area (Å²) in [6.45, 7) is 3.04. The first-order valence-electron chi connectivity index (χ1n) is 6.69. The van der Waals surface area contributed by atoms with Crippen molar-refractivity contribution in [3.05, 3.63) is 0 Å². The lowest BCUT2D eigenvalue weighted by molar-refractivity contribution is 0.0811. The van der Waals surface area contributed by atoms with Crippen molar-refractivity contribution in [1.82, 2.24) is 5.32 Å². The van der Waals surface area contributed by atoms with Gasteiger partial charge in [-0.15, -0.1) is 0 Å². The smallest absolute Gasteiger partial charge is 0.0645 e. The molecule has 2 rings (SSSR count). The quantitative estimate of drug-likeness (QED) is 0.638. The number of hydrogen-bond acceptors (Lipinski definition) is 3. The third-order valence-corrected chi connectivity index (χ3v) is 4.91. The maximum absolute atomic E-state index is 9.36. The van der Waals surface area contributed by atoms with Gasteiger partial charge in [0.05, 0.1) is 18.8 Å². The fraction of sp³-hybridized carbons (Fsp3) is 1.00. The standard InChI is InChI=1S/C13H25NO2/c1-2-13(8-15,9-16)14-7-12-6-10-3-4-11(12)5-10/h10-12,14-16H,2-9H2,1H3. The van der Waals surface area contributed by atoms with Crippen molar-refractivity contribution in [3.63, 3.8) is 0 Å². The Labute approximate surface area is 98.2 Å². The molecule has 2 bridgehead atoms. The van der Waals surface area contributed by atoms with Crippen LogP contribution in [0, 0.1) is 17.8 Å². The van der Waals surface area contributed by atoms with E-state index in [1.807, 2.05) is 6.92 Å². The van der Waals surface area contributed by atoms with Crippen LogP contribution in [0.15, 0.2) is 0 Å². The van der Waals surface area contributed by atoms with E-state index in [0.29, 0.717) is 0 Å². The molecule has 0 aromatic carbocycles. The third-order valence-electron chi connectivity index (χ3n) is 4.91. The Morgan fingerprint density at radius 2 is 1.94 bits per heavy atom. The zero-order valence-corrected chi connectivity index (χ0v) is 10.3. The van der Waals surface area contributed by atoms with Crippen molar-refractivity contribution in [2.24, 2.45) is 17.8 Å². The van der Waals surface area contributed by atoms with Crippen LogP contribution >= 0.6 is 0 Å². The van der Waals surface area contributed by atoms with E-state index in [1.165, 1.54) is 25.7 Å². The van der Waals surface area contributed by atoms with Gasteiger partial charge in [0.15, 0.2) is 0 Å². The van der Waals surface area contributed by atoms with Crippen LogP contribution in [0.3, 0.4) is 0 Å². The first kappa shape index (κ1) is 12.3. The summed E-state index contributed by atoms with van der Waals surface area (Å²) >= 11 is 0. The molecule has 0 heterocycles. The summed E-state index contributed by atoms with van der Waals surface area (Å²) in [5, 5.41) is 22.1. The van der Waals surface area contributed by atoms with Crippen LogP contribution in [-0.4, -0.2) is 35.5 Å². The second-order valence-electron chi connectivity index (χ2n) is 5.77. The lowest BCUT2D eigenvalue weighted by atomic mass is 9.87. The van der Waals surface area contributed by atoms with Gasteiger partial charge in [0.25, 0.3) is 0 Å². The first-order valence-corrected chi connectivity index (χ1v) is 6.69. The van der Waals surface area contributed by atoms with Crippen LogP contribution < -0.4 is 5.32 Å². The molecule has 3 N–H and O–H groups in total. The van der Waals surface area contributed by atoms with Crippen LogP contribution in [0.4, 0.5) is 0 Å². The molecule has 2 aliphatic carbocycles. The van der Waals surface area contributed by atoms with Gasteiger partial charge in [0, 0.05) is 0 Å². The van der Waals surface area contributed by atoms with E-state index in [4.69, 9.17) is 0 Å². The monoisotopic (exact) mass is 227 g/mol. The molecule has 0 aromatic heterocycles. The predicted octanol–water partition coefficient (Wildman–Crippen LogP) is 1.15. The summed E-state index contributed by atoms with van der Waals surface area (Å²) in [7, 11) is 0. The maximum atomic E-state index is 9.36. The number of hydrogen-bond donors (Lipinski definition) is 3. The van der Waals surface area contributed by atoms with E-state index in [-0.39, 0.29) is 13.2 Å². The van der Waals surface area contributed by atoms with Crippen molar-refractivity contribution in [1.29, 1.82) is 0 Å². The Bertz CT molecular complexity index is 220. The summed E-state index contributed by atoms with van der Waals surface area (Å²) in [6, 6.07) is 0. The largest absolute Gasteiger partial charge is 0.394 e. The van der Waals surface area contributed by atoms with E-state index in [9.17, 15) is 10.2 Å². The molecule has 0 amide bonds. The van der Waals surface area contributed by atoms with Gasteiger partial charge in [-0.2, -0.15) is 0 Å². The van der Waals surface area contributed by atoms with E-state index >= 15 is 0 Å². The summed E-state index contributed by atoms with van der Waals surface area (Å²) in [5.74, 6) is 2.66. The lowest BCUT2D eigenvalue weighted by Gasteiger charge is -2.33. The summed E-state index contributed by atoms with van der Waals surface area (Å²) < 4.78 is 0. The van der Waals surface area contributed by atoms with Crippen molar-refractivity contribution >= 4 is 0 Å². The summed E-state index contributed by atoms with van der Waals surface area (Å²) in [4.78, 5) is 0. The van der Waals surface area contributed by atoms with Crippen molar-refractivity contribution in [2.75, 3.05) is 19.8 Å². The highest BCUT2D eigenvalue weighted by Crippen LogP contribution is 2.48. The molecule has 0 spiro atoms. The van der Waals surface area contributed by atoms with Crippen molar-refractivity contribution in [2.45, 2.75) is 44.6 Å². The van der Waals surface area contributed by atoms with E-state index in [2.05, 4.69) is 5.32 Å². The van der Waals surface area contributed by atoms with Crippen LogP contribution in [0.5, 0.6) is 0 Å². The zero-order chi connectivity index (χ0) is 11.6. The summed E-state index contributed by atoms with van der Waals surface area (Å²) in [5.41, 5.74) is -0.457. The average Bonchev–Trinajstić information content (AvgIpc) is 2.93. The third kappa shape index (κ3) is 2.27. The van der Waals surface area contributed by atoms with Gasteiger partial charge in [-0.3, -0.25) is 0 Å². The highest BCUT2D eigenvalue weighted by atomic mass is 16.3. The molecule has 94 valence electrons. The first-order chi connectivity index (χ1) is 7.73. The zero-order valence-electron chi connectivity index (χ0n) is 10.3. The predicted molar refractivity (Wildman–Crippen MR) is 64.1 cm³/mol. The fourth-order valence-electron chi connectivity index (χ4n) is 3.48. The van der Waals surface area contributed by atoms with Crippen LogP contribution in [0.1, 0.15) is 39.0 Å². The molecule has 3 heteroatoms. The minimum atomic E-state index is -0.457. The van der Waals surface area contributed by atoms with Gasteiger partial charge in [0.1, 0.15) is 0 Å². The molecule has 2 saturated carbocycles. The molecule has 3 unspecified atom stereocenters. The Kier molecular flexibility index (Phi) is 3.88. The number of aliphatic hydroxyl groups excluding tert-OH is 2. The van der Waals surface area contributed by atoms with Crippen molar-refractivity contribution < 1.29 is 10.2 Å². The lowest BCUT2D eigenvalue weighted by Crippen LogP contribution is -2.53. The van der Waals surface area contributed by atoms with Gasteiger partial charge in [0.2, 0.25) is 0 Å². The molecule has 2 aliphatic rings. The number of rotatable bonds is 6. The molecule has 0 aliphatic heterocycles. The van der Waals surface area contributed by atoms with Gasteiger partial charge in [-0.05, 0) is 50.0 Å². The van der Waals surface area contributed by atoms with Crippen LogP contribution in [0.25, 0.3) is 0 Å². The molecule has 2 fully saturated rings. The maximum Gasteiger partial charge on any atom is 0.0645 e. The molecule has 0 radical (unpaired) electrons. The summed E-state index contributed by atoms with van der Waals surface area (Å²) in [6.07, 6.45) is 6.38. The fourth-order valence-corrected chi connectivity index (χ4v) is 3.48. The van der Waals surface area contributed by atoms with Gasteiger partial charge in [-0.1, -0.05) is 13.3 Å². The number of fused-ring (bicyclic) bond motifs is 2. The minimum Gasteiger partial charge on any atom is -0.394 e. The van der Waals surface area contributed by atoms with Crippen molar-refractivity contribution in [3.8, 4) is 0 Å². The van der Waals surface area contributed by atoms with E-state index in [1.54, 1.807) is 0 Å². The molecule has 0 aromatic rings. The van der Waals surface area contributed by atoms with Gasteiger partial charge >= 0.3 is 0 Å². The Balaban J connectivity index is 1.82. The topological polar surface area (TPSA) is 52.5 Å². The normalized spacial score (nSPS) is 33.6. The van der Waals surface area contributed by atoms with E-state index < -0.39 is 5.54 Å². The molecule has 3 nitrogen and oxygen atoms in total. The molecule has 16 heavy (non-hydrogen) atoms. The van der Waals surface area contributed by atoms with Crippen LogP contribution in [-0.2, 0) is 0 Å². The molecular weight excluding hydrogens is 202 g/mol. The number of nitrogens with one attached hydrogen (secondary N) is 1. The van der Waals surface area contributed by atoms with E-state index in [0.717, 1.165) is 30.7 Å². The molecular formula is C13H25NO2. The minimum absolute atomic E-state index is 0.0286. The molecule has 0 saturated heterocycles. The van der Waals surface area contributed by atoms with Gasteiger partial charge < -0.3 is 15.5 Å². The highest BCUT2D eigenvalue weighted by molar-refractivity contribution is 4.93. The Morgan fingerprint density at radius 3 is 2.38 bits per heavy atom.